The first kappa shape index (κ1) is 15.0. The predicted octanol–water partition coefficient (Wildman–Crippen LogP) is 2.16. The molecule has 0 saturated heterocycles. The topological polar surface area (TPSA) is 73.7 Å². The lowest BCUT2D eigenvalue weighted by Crippen LogP contribution is -1.98. The largest absolute Gasteiger partial charge is 0.493 e. The average molecular weight is 308 g/mol. The van der Waals surface area contributed by atoms with Crippen LogP contribution in [0.2, 0.25) is 0 Å². The van der Waals surface area contributed by atoms with Gasteiger partial charge in [0.05, 0.1) is 27.5 Å². The number of ether oxygens (including phenoxy) is 3. The van der Waals surface area contributed by atoms with Crippen LogP contribution in [0, 0.1) is 11.7 Å². The summed E-state index contributed by atoms with van der Waals surface area (Å²) in [5.74, 6) is 2.33. The molecule has 2 aromatic rings. The van der Waals surface area contributed by atoms with Crippen molar-refractivity contribution in [1.29, 1.82) is 0 Å². The number of nitrogens with zero attached hydrogens (tertiary/aromatic N) is 3. The van der Waals surface area contributed by atoms with Crippen molar-refractivity contribution >= 4 is 18.4 Å². The van der Waals surface area contributed by atoms with Crippen LogP contribution in [-0.4, -0.2) is 42.4 Å². The van der Waals surface area contributed by atoms with E-state index in [1.165, 1.54) is 4.68 Å². The molecule has 0 aliphatic heterocycles. The molecular formula is C13H16N4O3S. The van der Waals surface area contributed by atoms with Crippen molar-refractivity contribution in [2.45, 2.75) is 6.92 Å². The van der Waals surface area contributed by atoms with Crippen molar-refractivity contribution in [2.24, 2.45) is 5.10 Å². The van der Waals surface area contributed by atoms with Gasteiger partial charge in [0.15, 0.2) is 11.5 Å². The Morgan fingerprint density at radius 1 is 1.19 bits per heavy atom. The molecule has 21 heavy (non-hydrogen) atoms. The molecule has 0 bridgehead atoms. The molecule has 0 atom stereocenters. The van der Waals surface area contributed by atoms with E-state index in [0.29, 0.717) is 27.8 Å². The van der Waals surface area contributed by atoms with Crippen molar-refractivity contribution in [2.75, 3.05) is 21.3 Å². The second-order valence-corrected chi connectivity index (χ2v) is 4.48. The maximum absolute atomic E-state index is 5.29. The fourth-order valence-corrected chi connectivity index (χ4v) is 2.03. The molecular weight excluding hydrogens is 292 g/mol. The highest BCUT2D eigenvalue weighted by Crippen LogP contribution is 2.37. The zero-order chi connectivity index (χ0) is 15.4. The van der Waals surface area contributed by atoms with Crippen LogP contribution in [0.4, 0.5) is 0 Å². The highest BCUT2D eigenvalue weighted by atomic mass is 32.1. The molecule has 112 valence electrons. The number of aromatic nitrogens is 3. The lowest BCUT2D eigenvalue weighted by Gasteiger charge is -2.12. The molecule has 2 rings (SSSR count). The van der Waals surface area contributed by atoms with Gasteiger partial charge in [-0.1, -0.05) is 0 Å². The molecule has 1 aromatic heterocycles. The summed E-state index contributed by atoms with van der Waals surface area (Å²) in [5.41, 5.74) is 0.784. The summed E-state index contributed by atoms with van der Waals surface area (Å²) >= 11 is 5.09. The molecule has 7 nitrogen and oxygen atoms in total. The molecule has 0 aliphatic rings. The molecule has 0 saturated carbocycles. The normalized spacial score (nSPS) is 10.9. The lowest BCUT2D eigenvalue weighted by molar-refractivity contribution is 0.324. The van der Waals surface area contributed by atoms with Gasteiger partial charge in [-0.2, -0.15) is 14.9 Å². The summed E-state index contributed by atoms with van der Waals surface area (Å²) in [6.45, 7) is 1.80. The second kappa shape index (κ2) is 6.40. The Kier molecular flexibility index (Phi) is 4.59. The Balaban J connectivity index is 2.43. The Labute approximate surface area is 127 Å². The Morgan fingerprint density at radius 3 is 2.24 bits per heavy atom. The zero-order valence-electron chi connectivity index (χ0n) is 12.2. The first-order chi connectivity index (χ1) is 10.1. The number of hydrogen-bond acceptors (Lipinski definition) is 6. The minimum Gasteiger partial charge on any atom is -0.493 e. The molecule has 0 aliphatic carbocycles. The number of aromatic amines is 1. The Hall–Kier alpha value is -2.35. The van der Waals surface area contributed by atoms with Crippen LogP contribution >= 0.6 is 12.2 Å². The summed E-state index contributed by atoms with van der Waals surface area (Å²) in [4.78, 5) is 0. The highest BCUT2D eigenvalue weighted by Gasteiger charge is 2.12. The molecule has 8 heteroatoms. The van der Waals surface area contributed by atoms with Gasteiger partial charge < -0.3 is 14.2 Å². The molecule has 1 N–H and O–H groups in total. The molecule has 0 spiro atoms. The van der Waals surface area contributed by atoms with Gasteiger partial charge in [0.25, 0.3) is 0 Å². The molecule has 0 radical (unpaired) electrons. The summed E-state index contributed by atoms with van der Waals surface area (Å²) in [6.07, 6.45) is 1.64. The molecule has 0 fully saturated rings. The second-order valence-electron chi connectivity index (χ2n) is 4.09. The third-order valence-corrected chi connectivity index (χ3v) is 3.09. The van der Waals surface area contributed by atoms with Crippen LogP contribution in [0.25, 0.3) is 0 Å². The van der Waals surface area contributed by atoms with Gasteiger partial charge in [0, 0.05) is 5.56 Å². The van der Waals surface area contributed by atoms with E-state index >= 15 is 0 Å². The number of nitrogens with one attached hydrogen (secondary N) is 1. The molecule has 0 unspecified atom stereocenters. The predicted molar refractivity (Wildman–Crippen MR) is 81.2 cm³/mol. The van der Waals surface area contributed by atoms with E-state index in [-0.39, 0.29) is 0 Å². The van der Waals surface area contributed by atoms with E-state index in [4.69, 9.17) is 26.4 Å². The van der Waals surface area contributed by atoms with Crippen LogP contribution in [0.15, 0.2) is 17.2 Å². The van der Waals surface area contributed by atoms with E-state index < -0.39 is 0 Å². The number of H-pyrrole nitrogens is 1. The lowest BCUT2D eigenvalue weighted by atomic mass is 10.2. The molecule has 1 heterocycles. The first-order valence-electron chi connectivity index (χ1n) is 6.09. The van der Waals surface area contributed by atoms with Gasteiger partial charge in [0.1, 0.15) is 5.82 Å². The van der Waals surface area contributed by atoms with Crippen LogP contribution in [0.1, 0.15) is 11.4 Å². The monoisotopic (exact) mass is 308 g/mol. The zero-order valence-corrected chi connectivity index (χ0v) is 13.0. The summed E-state index contributed by atoms with van der Waals surface area (Å²) < 4.78 is 17.8. The van der Waals surface area contributed by atoms with Crippen molar-refractivity contribution in [3.63, 3.8) is 0 Å². The molecule has 1 aromatic carbocycles. The van der Waals surface area contributed by atoms with Crippen molar-refractivity contribution in [3.05, 3.63) is 28.3 Å². The SMILES string of the molecule is COc1cc(/C=N/n2c(C)n[nH]c2=S)cc(OC)c1OC. The maximum Gasteiger partial charge on any atom is 0.216 e. The van der Waals surface area contributed by atoms with Gasteiger partial charge in [-0.3, -0.25) is 5.10 Å². The number of rotatable bonds is 5. The number of benzene rings is 1. The average Bonchev–Trinajstić information content (AvgIpc) is 2.82. The van der Waals surface area contributed by atoms with E-state index in [0.717, 1.165) is 5.56 Å². The van der Waals surface area contributed by atoms with E-state index in [2.05, 4.69) is 15.3 Å². The van der Waals surface area contributed by atoms with Gasteiger partial charge in [-0.05, 0) is 31.3 Å². The smallest absolute Gasteiger partial charge is 0.216 e. The number of hydrogen-bond donors (Lipinski definition) is 1. The first-order valence-corrected chi connectivity index (χ1v) is 6.50. The Bertz CT molecular complexity index is 695. The molecule has 0 amide bonds. The highest BCUT2D eigenvalue weighted by molar-refractivity contribution is 7.71. The minimum absolute atomic E-state index is 0.427. The maximum atomic E-state index is 5.29. The van der Waals surface area contributed by atoms with Crippen LogP contribution in [-0.2, 0) is 0 Å². The van der Waals surface area contributed by atoms with Crippen LogP contribution < -0.4 is 14.2 Å². The van der Waals surface area contributed by atoms with Gasteiger partial charge in [-0.25, -0.2) is 0 Å². The van der Waals surface area contributed by atoms with Crippen molar-refractivity contribution in [3.8, 4) is 17.2 Å². The number of aryl methyl sites for hydroxylation is 1. The third kappa shape index (κ3) is 3.05. The van der Waals surface area contributed by atoms with Crippen molar-refractivity contribution < 1.29 is 14.2 Å². The quantitative estimate of drug-likeness (QED) is 0.677. The summed E-state index contributed by atoms with van der Waals surface area (Å²) in [6, 6.07) is 3.59. The van der Waals surface area contributed by atoms with E-state index in [1.54, 1.807) is 46.6 Å². The third-order valence-electron chi connectivity index (χ3n) is 2.82. The van der Waals surface area contributed by atoms with Crippen LogP contribution in [0.3, 0.4) is 0 Å². The fourth-order valence-electron chi connectivity index (χ4n) is 1.81. The van der Waals surface area contributed by atoms with Gasteiger partial charge in [-0.15, -0.1) is 0 Å². The van der Waals surface area contributed by atoms with E-state index in [1.807, 2.05) is 0 Å². The van der Waals surface area contributed by atoms with Gasteiger partial charge in [0.2, 0.25) is 10.5 Å². The van der Waals surface area contributed by atoms with Gasteiger partial charge >= 0.3 is 0 Å². The van der Waals surface area contributed by atoms with Crippen molar-refractivity contribution in [1.82, 2.24) is 14.9 Å². The standard InChI is InChI=1S/C13H16N4O3S/c1-8-15-16-13(21)17(8)14-7-9-5-10(18-2)12(20-4)11(6-9)19-3/h5-7H,1-4H3,(H,16,21)/b14-7+. The minimum atomic E-state index is 0.427. The summed E-state index contributed by atoms with van der Waals surface area (Å²) in [7, 11) is 4.69. The Morgan fingerprint density at radius 2 is 1.81 bits per heavy atom. The number of methoxy groups -OCH3 is 3. The van der Waals surface area contributed by atoms with E-state index in [9.17, 15) is 0 Å². The fraction of sp³-hybridized carbons (Fsp3) is 0.308. The van der Waals surface area contributed by atoms with Crippen LogP contribution in [0.5, 0.6) is 17.2 Å². The summed E-state index contributed by atoms with van der Waals surface area (Å²) in [5, 5.41) is 10.9.